The van der Waals surface area contributed by atoms with Crippen LogP contribution < -0.4 is 15.3 Å². The molecule has 0 spiro atoms. The second-order valence-electron chi connectivity index (χ2n) is 6.11. The van der Waals surface area contributed by atoms with Gasteiger partial charge in [0.2, 0.25) is 0 Å². The molecule has 2 nitrogen and oxygen atoms in total. The molecule has 5 heteroatoms. The standard InChI is InChI=1S/C20H24F3NO/c1-5-7-14(4)16-10-11-24(19(16)13(3)6-2)15-8-9-18(17(21)12-15)25-20(22)23/h8-12,20H,5-7H2,1-4H3/b16-14-,19-13-. The van der Waals surface area contributed by atoms with Crippen molar-refractivity contribution >= 4 is 11.1 Å². The van der Waals surface area contributed by atoms with Gasteiger partial charge in [-0.3, -0.25) is 0 Å². The van der Waals surface area contributed by atoms with Crippen LogP contribution in [0.5, 0.6) is 5.75 Å². The number of aromatic nitrogens is 1. The first-order valence-corrected chi connectivity index (χ1v) is 8.50. The lowest BCUT2D eigenvalue weighted by Gasteiger charge is -2.10. The first kappa shape index (κ1) is 19.2. The molecular formula is C20H24F3NO. The number of hydrogen-bond donors (Lipinski definition) is 0. The molecule has 0 atom stereocenters. The second-order valence-corrected chi connectivity index (χ2v) is 6.11. The van der Waals surface area contributed by atoms with Crippen LogP contribution in [0.1, 0.15) is 47.0 Å². The molecule has 1 aromatic carbocycles. The first-order valence-electron chi connectivity index (χ1n) is 8.50. The van der Waals surface area contributed by atoms with Crippen molar-refractivity contribution in [1.29, 1.82) is 0 Å². The molecule has 25 heavy (non-hydrogen) atoms. The lowest BCUT2D eigenvalue weighted by atomic mass is 10.1. The number of halogens is 3. The van der Waals surface area contributed by atoms with Crippen molar-refractivity contribution in [1.82, 2.24) is 4.57 Å². The zero-order valence-electron chi connectivity index (χ0n) is 15.1. The monoisotopic (exact) mass is 351 g/mol. The molecule has 0 aliphatic rings. The lowest BCUT2D eigenvalue weighted by Crippen LogP contribution is -2.31. The van der Waals surface area contributed by atoms with Crippen LogP contribution in [0.15, 0.2) is 30.5 Å². The van der Waals surface area contributed by atoms with Crippen molar-refractivity contribution in [2.75, 3.05) is 0 Å². The summed E-state index contributed by atoms with van der Waals surface area (Å²) in [5.41, 5.74) is 3.04. The summed E-state index contributed by atoms with van der Waals surface area (Å²) in [7, 11) is 0. The van der Waals surface area contributed by atoms with Gasteiger partial charge in [0.15, 0.2) is 11.6 Å². The average molecular weight is 351 g/mol. The molecule has 136 valence electrons. The van der Waals surface area contributed by atoms with Gasteiger partial charge in [0.25, 0.3) is 0 Å². The van der Waals surface area contributed by atoms with Gasteiger partial charge < -0.3 is 9.30 Å². The van der Waals surface area contributed by atoms with E-state index in [1.54, 1.807) is 6.07 Å². The number of rotatable bonds is 6. The Morgan fingerprint density at radius 1 is 1.12 bits per heavy atom. The van der Waals surface area contributed by atoms with Gasteiger partial charge in [0.1, 0.15) is 0 Å². The molecule has 2 aromatic rings. The zero-order chi connectivity index (χ0) is 18.6. The van der Waals surface area contributed by atoms with E-state index in [9.17, 15) is 13.2 Å². The lowest BCUT2D eigenvalue weighted by molar-refractivity contribution is -0.0521. The van der Waals surface area contributed by atoms with Crippen molar-refractivity contribution in [2.24, 2.45) is 0 Å². The SMILES string of the molecule is CCC/C(C)=c1/ccn(-c2ccc(OC(F)F)c(F)c2)/c1=C(/C)CC. The Kier molecular flexibility index (Phi) is 6.34. The topological polar surface area (TPSA) is 14.2 Å². The molecule has 0 N–H and O–H groups in total. The molecule has 0 unspecified atom stereocenters. The van der Waals surface area contributed by atoms with E-state index in [4.69, 9.17) is 0 Å². The van der Waals surface area contributed by atoms with E-state index in [0.717, 1.165) is 29.8 Å². The van der Waals surface area contributed by atoms with E-state index >= 15 is 0 Å². The minimum atomic E-state index is -3.05. The highest BCUT2D eigenvalue weighted by molar-refractivity contribution is 5.50. The summed E-state index contributed by atoms with van der Waals surface area (Å²) in [6.07, 6.45) is 4.80. The second kappa shape index (κ2) is 8.28. The van der Waals surface area contributed by atoms with Gasteiger partial charge in [0, 0.05) is 18.0 Å². The van der Waals surface area contributed by atoms with Gasteiger partial charge in [-0.2, -0.15) is 8.78 Å². The number of benzene rings is 1. The summed E-state index contributed by atoms with van der Waals surface area (Å²) < 4.78 is 44.8. The Morgan fingerprint density at radius 3 is 2.40 bits per heavy atom. The predicted octanol–water partition coefficient (Wildman–Crippen LogP) is 4.77. The normalized spacial score (nSPS) is 13.9. The van der Waals surface area contributed by atoms with Gasteiger partial charge in [0.05, 0.1) is 5.35 Å². The van der Waals surface area contributed by atoms with E-state index in [-0.39, 0.29) is 0 Å². The number of hydrogen-bond acceptors (Lipinski definition) is 1. The fourth-order valence-electron chi connectivity index (χ4n) is 2.94. The molecule has 0 radical (unpaired) electrons. The Hall–Kier alpha value is -2.17. The number of alkyl halides is 2. The molecule has 1 heterocycles. The van der Waals surface area contributed by atoms with E-state index < -0.39 is 18.2 Å². The summed E-state index contributed by atoms with van der Waals surface area (Å²) in [4.78, 5) is 0. The van der Waals surface area contributed by atoms with Crippen LogP contribution in [-0.4, -0.2) is 11.2 Å². The molecule has 0 bridgehead atoms. The van der Waals surface area contributed by atoms with Gasteiger partial charge >= 0.3 is 6.61 Å². The Labute approximate surface area is 146 Å². The Bertz CT molecular complexity index is 852. The van der Waals surface area contributed by atoms with Crippen molar-refractivity contribution in [2.45, 2.75) is 53.6 Å². The quantitative estimate of drug-likeness (QED) is 0.731. The summed E-state index contributed by atoms with van der Waals surface area (Å²) in [5, 5.41) is 2.19. The van der Waals surface area contributed by atoms with Crippen molar-refractivity contribution in [3.8, 4) is 11.4 Å². The van der Waals surface area contributed by atoms with Crippen LogP contribution in [0, 0.1) is 5.82 Å². The Morgan fingerprint density at radius 2 is 1.84 bits per heavy atom. The van der Waals surface area contributed by atoms with Crippen LogP contribution in [0.2, 0.25) is 0 Å². The fourth-order valence-corrected chi connectivity index (χ4v) is 2.94. The predicted molar refractivity (Wildman–Crippen MR) is 95.0 cm³/mol. The van der Waals surface area contributed by atoms with Gasteiger partial charge in [-0.05, 0) is 55.7 Å². The van der Waals surface area contributed by atoms with E-state index in [2.05, 4.69) is 32.4 Å². The van der Waals surface area contributed by atoms with Crippen molar-refractivity contribution in [3.63, 3.8) is 0 Å². The maximum absolute atomic E-state index is 14.1. The van der Waals surface area contributed by atoms with Crippen molar-refractivity contribution < 1.29 is 17.9 Å². The highest BCUT2D eigenvalue weighted by Gasteiger charge is 2.12. The van der Waals surface area contributed by atoms with Crippen LogP contribution in [0.3, 0.4) is 0 Å². The van der Waals surface area contributed by atoms with Crippen LogP contribution in [0.25, 0.3) is 16.8 Å². The van der Waals surface area contributed by atoms with Gasteiger partial charge in [-0.25, -0.2) is 4.39 Å². The minimum Gasteiger partial charge on any atom is -0.432 e. The van der Waals surface area contributed by atoms with Crippen LogP contribution in [-0.2, 0) is 0 Å². The molecule has 0 amide bonds. The van der Waals surface area contributed by atoms with E-state index in [1.807, 2.05) is 16.8 Å². The zero-order valence-corrected chi connectivity index (χ0v) is 15.1. The number of nitrogens with zero attached hydrogens (tertiary/aromatic N) is 1. The highest BCUT2D eigenvalue weighted by Crippen LogP contribution is 2.21. The van der Waals surface area contributed by atoms with Crippen LogP contribution in [0.4, 0.5) is 13.2 Å². The summed E-state index contributed by atoms with van der Waals surface area (Å²) in [5.74, 6) is -1.25. The molecule has 2 rings (SSSR count). The fraction of sp³-hybridized carbons (Fsp3) is 0.400. The van der Waals surface area contributed by atoms with Crippen LogP contribution >= 0.6 is 0 Å². The minimum absolute atomic E-state index is 0.447. The maximum atomic E-state index is 14.1. The maximum Gasteiger partial charge on any atom is 0.387 e. The molecule has 0 saturated heterocycles. The van der Waals surface area contributed by atoms with Gasteiger partial charge in [-0.1, -0.05) is 25.8 Å². The first-order chi connectivity index (χ1) is 11.9. The molecule has 0 aliphatic heterocycles. The summed E-state index contributed by atoms with van der Waals surface area (Å²) >= 11 is 0. The summed E-state index contributed by atoms with van der Waals surface area (Å²) in [6, 6.07) is 6.08. The van der Waals surface area contributed by atoms with Gasteiger partial charge in [-0.15, -0.1) is 0 Å². The Balaban J connectivity index is 2.65. The summed E-state index contributed by atoms with van der Waals surface area (Å²) in [6.45, 7) is 5.32. The van der Waals surface area contributed by atoms with Crippen molar-refractivity contribution in [3.05, 3.63) is 46.8 Å². The molecular weight excluding hydrogens is 327 g/mol. The molecule has 0 saturated carbocycles. The molecule has 0 aliphatic carbocycles. The average Bonchev–Trinajstić information content (AvgIpc) is 3.01. The van der Waals surface area contributed by atoms with E-state index in [1.165, 1.54) is 23.3 Å². The van der Waals surface area contributed by atoms with E-state index in [0.29, 0.717) is 5.69 Å². The third kappa shape index (κ3) is 4.27. The molecule has 0 fully saturated rings. The number of ether oxygens (including phenoxy) is 1. The largest absolute Gasteiger partial charge is 0.432 e. The highest BCUT2D eigenvalue weighted by atomic mass is 19.3. The molecule has 1 aromatic heterocycles. The smallest absolute Gasteiger partial charge is 0.387 e. The third-order valence-electron chi connectivity index (χ3n) is 4.32. The third-order valence-corrected chi connectivity index (χ3v) is 4.32.